The van der Waals surface area contributed by atoms with E-state index in [2.05, 4.69) is 12.2 Å². The predicted octanol–water partition coefficient (Wildman–Crippen LogP) is 3.29. The molecule has 2 nitrogen and oxygen atoms in total. The van der Waals surface area contributed by atoms with Crippen molar-refractivity contribution < 1.29 is 4.74 Å². The molecule has 0 amide bonds. The van der Waals surface area contributed by atoms with E-state index >= 15 is 0 Å². The summed E-state index contributed by atoms with van der Waals surface area (Å²) in [5, 5.41) is 4.52. The van der Waals surface area contributed by atoms with Crippen LogP contribution in [0.5, 0.6) is 0 Å². The summed E-state index contributed by atoms with van der Waals surface area (Å²) in [5.41, 5.74) is 1.10. The number of halogens is 2. The molecule has 1 heterocycles. The Bertz CT molecular complexity index is 370. The lowest BCUT2D eigenvalue weighted by atomic mass is 9.97. The Hall–Kier alpha value is -0.280. The quantitative estimate of drug-likeness (QED) is 0.836. The van der Waals surface area contributed by atoms with Gasteiger partial charge in [0.15, 0.2) is 0 Å². The molecular formula is C12H15Cl2NO. The highest BCUT2D eigenvalue weighted by molar-refractivity contribution is 6.42. The van der Waals surface area contributed by atoms with Gasteiger partial charge in [0.05, 0.1) is 22.8 Å². The van der Waals surface area contributed by atoms with Crippen molar-refractivity contribution in [3.8, 4) is 0 Å². The van der Waals surface area contributed by atoms with Gasteiger partial charge in [0, 0.05) is 13.1 Å². The molecule has 1 fully saturated rings. The first-order chi connectivity index (χ1) is 7.68. The first-order valence-electron chi connectivity index (χ1n) is 5.46. The fourth-order valence-electron chi connectivity index (χ4n) is 1.97. The molecule has 0 saturated carbocycles. The van der Waals surface area contributed by atoms with Gasteiger partial charge in [-0.3, -0.25) is 0 Å². The highest BCUT2D eigenvalue weighted by Crippen LogP contribution is 2.31. The minimum absolute atomic E-state index is 0.102. The molecule has 1 aliphatic rings. The summed E-state index contributed by atoms with van der Waals surface area (Å²) in [7, 11) is 0. The molecule has 1 aliphatic heterocycles. The molecule has 1 N–H and O–H groups in total. The number of rotatable bonds is 1. The Morgan fingerprint density at radius 1 is 1.31 bits per heavy atom. The molecule has 0 radical (unpaired) electrons. The van der Waals surface area contributed by atoms with Crippen molar-refractivity contribution in [1.29, 1.82) is 0 Å². The SMILES string of the molecule is C[C@H]1CNCCO[C@H]1c1ccc(Cl)c(Cl)c1. The van der Waals surface area contributed by atoms with Crippen molar-refractivity contribution in [2.24, 2.45) is 5.92 Å². The fourth-order valence-corrected chi connectivity index (χ4v) is 2.28. The molecular weight excluding hydrogens is 245 g/mol. The van der Waals surface area contributed by atoms with Crippen molar-refractivity contribution in [2.75, 3.05) is 19.7 Å². The van der Waals surface area contributed by atoms with Crippen LogP contribution < -0.4 is 5.32 Å². The van der Waals surface area contributed by atoms with E-state index in [1.54, 1.807) is 0 Å². The third-order valence-corrected chi connectivity index (χ3v) is 3.57. The maximum Gasteiger partial charge on any atom is 0.0863 e. The molecule has 4 heteroatoms. The second kappa shape index (κ2) is 5.37. The molecule has 88 valence electrons. The van der Waals surface area contributed by atoms with Gasteiger partial charge < -0.3 is 10.1 Å². The average molecular weight is 260 g/mol. The summed E-state index contributed by atoms with van der Waals surface area (Å²) in [4.78, 5) is 0. The molecule has 1 aromatic carbocycles. The monoisotopic (exact) mass is 259 g/mol. The zero-order chi connectivity index (χ0) is 11.5. The lowest BCUT2D eigenvalue weighted by Gasteiger charge is -2.21. The van der Waals surface area contributed by atoms with E-state index in [-0.39, 0.29) is 6.10 Å². The number of hydrogen-bond donors (Lipinski definition) is 1. The zero-order valence-corrected chi connectivity index (χ0v) is 10.7. The summed E-state index contributed by atoms with van der Waals surface area (Å²) in [6.07, 6.45) is 0.102. The lowest BCUT2D eigenvalue weighted by molar-refractivity contribution is 0.0360. The van der Waals surface area contributed by atoms with Crippen LogP contribution in [0.4, 0.5) is 0 Å². The van der Waals surface area contributed by atoms with E-state index in [0.717, 1.165) is 25.3 Å². The standard InChI is InChI=1S/C12H15Cl2NO/c1-8-7-15-4-5-16-12(8)9-2-3-10(13)11(14)6-9/h2-3,6,8,12,15H,4-5,7H2,1H3/t8-,12+/m0/s1. The van der Waals surface area contributed by atoms with Crippen LogP contribution in [0, 0.1) is 5.92 Å². The van der Waals surface area contributed by atoms with E-state index in [4.69, 9.17) is 27.9 Å². The van der Waals surface area contributed by atoms with Gasteiger partial charge in [0.2, 0.25) is 0 Å². The van der Waals surface area contributed by atoms with Gasteiger partial charge in [-0.15, -0.1) is 0 Å². The summed E-state index contributed by atoms with van der Waals surface area (Å²) in [6.45, 7) is 4.77. The van der Waals surface area contributed by atoms with Crippen LogP contribution in [0.2, 0.25) is 10.0 Å². The van der Waals surface area contributed by atoms with Crippen molar-refractivity contribution in [2.45, 2.75) is 13.0 Å². The molecule has 0 bridgehead atoms. The third kappa shape index (κ3) is 2.69. The van der Waals surface area contributed by atoms with Crippen LogP contribution in [-0.4, -0.2) is 19.7 Å². The first-order valence-corrected chi connectivity index (χ1v) is 6.21. The van der Waals surface area contributed by atoms with Crippen LogP contribution in [0.25, 0.3) is 0 Å². The molecule has 0 spiro atoms. The number of benzene rings is 1. The normalized spacial score (nSPS) is 26.4. The highest BCUT2D eigenvalue weighted by atomic mass is 35.5. The van der Waals surface area contributed by atoms with Gasteiger partial charge in [-0.25, -0.2) is 0 Å². The minimum atomic E-state index is 0.102. The maximum atomic E-state index is 6.02. The number of hydrogen-bond acceptors (Lipinski definition) is 2. The maximum absolute atomic E-state index is 6.02. The third-order valence-electron chi connectivity index (χ3n) is 2.83. The van der Waals surface area contributed by atoms with Crippen molar-refractivity contribution >= 4 is 23.2 Å². The summed E-state index contributed by atoms with van der Waals surface area (Å²) in [5.74, 6) is 0.430. The molecule has 0 unspecified atom stereocenters. The van der Waals surface area contributed by atoms with Gasteiger partial charge in [-0.05, 0) is 23.6 Å². The summed E-state index contributed by atoms with van der Waals surface area (Å²) >= 11 is 11.9. The summed E-state index contributed by atoms with van der Waals surface area (Å²) < 4.78 is 5.83. The number of nitrogens with one attached hydrogen (secondary N) is 1. The van der Waals surface area contributed by atoms with Crippen LogP contribution in [0.15, 0.2) is 18.2 Å². The predicted molar refractivity (Wildman–Crippen MR) is 67.2 cm³/mol. The van der Waals surface area contributed by atoms with Gasteiger partial charge in [0.1, 0.15) is 0 Å². The van der Waals surface area contributed by atoms with Gasteiger partial charge in [0.25, 0.3) is 0 Å². The minimum Gasteiger partial charge on any atom is -0.372 e. The zero-order valence-electron chi connectivity index (χ0n) is 9.17. The molecule has 1 aromatic rings. The molecule has 2 rings (SSSR count). The largest absolute Gasteiger partial charge is 0.372 e. The van der Waals surface area contributed by atoms with Crippen molar-refractivity contribution in [1.82, 2.24) is 5.32 Å². The highest BCUT2D eigenvalue weighted by Gasteiger charge is 2.22. The van der Waals surface area contributed by atoms with Gasteiger partial charge in [-0.1, -0.05) is 36.2 Å². The van der Waals surface area contributed by atoms with Crippen LogP contribution >= 0.6 is 23.2 Å². The first kappa shape index (κ1) is 12.2. The van der Waals surface area contributed by atoms with Crippen LogP contribution in [0.1, 0.15) is 18.6 Å². The van der Waals surface area contributed by atoms with E-state index in [1.165, 1.54) is 0 Å². The molecule has 0 aliphatic carbocycles. The van der Waals surface area contributed by atoms with Crippen molar-refractivity contribution in [3.05, 3.63) is 33.8 Å². The Morgan fingerprint density at radius 3 is 2.88 bits per heavy atom. The van der Waals surface area contributed by atoms with Gasteiger partial charge in [-0.2, -0.15) is 0 Å². The second-order valence-corrected chi connectivity index (χ2v) is 4.96. The Labute approximate surface area is 106 Å². The van der Waals surface area contributed by atoms with E-state index in [0.29, 0.717) is 16.0 Å². The Kier molecular flexibility index (Phi) is 4.09. The summed E-state index contributed by atoms with van der Waals surface area (Å²) in [6, 6.07) is 5.71. The smallest absolute Gasteiger partial charge is 0.0863 e. The van der Waals surface area contributed by atoms with E-state index in [1.807, 2.05) is 18.2 Å². The Morgan fingerprint density at radius 2 is 2.12 bits per heavy atom. The van der Waals surface area contributed by atoms with Crippen LogP contribution in [0.3, 0.4) is 0 Å². The van der Waals surface area contributed by atoms with E-state index < -0.39 is 0 Å². The molecule has 16 heavy (non-hydrogen) atoms. The number of ether oxygens (including phenoxy) is 1. The van der Waals surface area contributed by atoms with Gasteiger partial charge >= 0.3 is 0 Å². The van der Waals surface area contributed by atoms with E-state index in [9.17, 15) is 0 Å². The second-order valence-electron chi connectivity index (χ2n) is 4.15. The topological polar surface area (TPSA) is 21.3 Å². The average Bonchev–Trinajstić information content (AvgIpc) is 2.47. The molecule has 0 aromatic heterocycles. The Balaban J connectivity index is 2.23. The van der Waals surface area contributed by atoms with Crippen molar-refractivity contribution in [3.63, 3.8) is 0 Å². The molecule has 1 saturated heterocycles. The lowest BCUT2D eigenvalue weighted by Crippen LogP contribution is -2.22. The fraction of sp³-hybridized carbons (Fsp3) is 0.500. The molecule has 2 atom stereocenters. The van der Waals surface area contributed by atoms with Crippen LogP contribution in [-0.2, 0) is 4.74 Å².